The monoisotopic (exact) mass is 189 g/mol. The van der Waals surface area contributed by atoms with E-state index in [1.165, 1.54) is 18.4 Å². The van der Waals surface area contributed by atoms with E-state index < -0.39 is 0 Å². The van der Waals surface area contributed by atoms with E-state index in [1.807, 2.05) is 7.05 Å². The van der Waals surface area contributed by atoms with Crippen molar-refractivity contribution in [1.82, 2.24) is 5.32 Å². The van der Waals surface area contributed by atoms with Gasteiger partial charge < -0.3 is 5.32 Å². The van der Waals surface area contributed by atoms with Gasteiger partial charge in [0, 0.05) is 0 Å². The molecule has 0 aromatic heterocycles. The number of benzene rings is 1. The van der Waals surface area contributed by atoms with Crippen molar-refractivity contribution in [1.29, 1.82) is 0 Å². The number of nitrogens with one attached hydrogen (secondary N) is 1. The van der Waals surface area contributed by atoms with Crippen LogP contribution in [0.2, 0.25) is 0 Å². The van der Waals surface area contributed by atoms with Gasteiger partial charge in [-0.1, -0.05) is 37.3 Å². The van der Waals surface area contributed by atoms with Gasteiger partial charge in [0.1, 0.15) is 0 Å². The first-order valence-corrected chi connectivity index (χ1v) is 5.53. The first kappa shape index (κ1) is 9.72. The molecule has 0 aliphatic heterocycles. The minimum Gasteiger partial charge on any atom is -0.319 e. The molecule has 1 aromatic rings. The van der Waals surface area contributed by atoms with Crippen LogP contribution >= 0.6 is 0 Å². The maximum Gasteiger partial charge on any atom is -0.000554 e. The Kier molecular flexibility index (Phi) is 2.60. The summed E-state index contributed by atoms with van der Waals surface area (Å²) in [5.41, 5.74) is 2.02. The third kappa shape index (κ3) is 1.46. The molecule has 0 heterocycles. The molecule has 1 N–H and O–H groups in total. The molecule has 0 amide bonds. The normalized spacial score (nSPS) is 30.3. The fraction of sp³-hybridized carbons (Fsp3) is 0.538. The molecule has 0 bridgehead atoms. The highest BCUT2D eigenvalue weighted by molar-refractivity contribution is 5.33. The van der Waals surface area contributed by atoms with Crippen LogP contribution in [0.5, 0.6) is 0 Å². The lowest BCUT2D eigenvalue weighted by atomic mass is 9.90. The van der Waals surface area contributed by atoms with Crippen molar-refractivity contribution < 1.29 is 0 Å². The zero-order valence-corrected chi connectivity index (χ0v) is 9.09. The largest absolute Gasteiger partial charge is 0.319 e. The smallest absolute Gasteiger partial charge is 0.000554 e. The summed E-state index contributed by atoms with van der Waals surface area (Å²) in [5, 5.41) is 3.29. The zero-order chi connectivity index (χ0) is 10.0. The van der Waals surface area contributed by atoms with Gasteiger partial charge >= 0.3 is 0 Å². The van der Waals surface area contributed by atoms with Gasteiger partial charge in [-0.05, 0) is 43.3 Å². The summed E-state index contributed by atoms with van der Waals surface area (Å²) in [7, 11) is 2.05. The summed E-state index contributed by atoms with van der Waals surface area (Å²) in [4.78, 5) is 0. The van der Waals surface area contributed by atoms with E-state index in [9.17, 15) is 0 Å². The molecule has 1 aliphatic rings. The second-order valence-corrected chi connectivity index (χ2v) is 4.33. The standard InChI is InChI=1S/C13H19N/c1-3-13(9-12(13)10-14-2)11-7-5-4-6-8-11/h4-8,12,14H,3,9-10H2,1-2H3. The molecule has 14 heavy (non-hydrogen) atoms. The first-order valence-electron chi connectivity index (χ1n) is 5.53. The molecular formula is C13H19N. The van der Waals surface area contributed by atoms with Crippen LogP contribution < -0.4 is 5.32 Å². The van der Waals surface area contributed by atoms with E-state index in [1.54, 1.807) is 0 Å². The predicted molar refractivity (Wildman–Crippen MR) is 60.4 cm³/mol. The third-order valence-corrected chi connectivity index (χ3v) is 3.66. The Balaban J connectivity index is 2.17. The maximum atomic E-state index is 3.29. The van der Waals surface area contributed by atoms with E-state index in [0.717, 1.165) is 12.5 Å². The number of hydrogen-bond acceptors (Lipinski definition) is 1. The minimum atomic E-state index is 0.490. The van der Waals surface area contributed by atoms with Gasteiger partial charge in [0.25, 0.3) is 0 Å². The molecule has 1 saturated carbocycles. The minimum absolute atomic E-state index is 0.490. The Labute approximate surface area is 86.5 Å². The molecule has 2 rings (SSSR count). The quantitative estimate of drug-likeness (QED) is 0.767. The highest BCUT2D eigenvalue weighted by Crippen LogP contribution is 2.56. The molecule has 1 heteroatoms. The van der Waals surface area contributed by atoms with E-state index in [0.29, 0.717) is 5.41 Å². The van der Waals surface area contributed by atoms with Crippen LogP contribution in [-0.4, -0.2) is 13.6 Å². The molecular weight excluding hydrogens is 170 g/mol. The molecule has 0 spiro atoms. The van der Waals surface area contributed by atoms with Crippen LogP contribution in [0.1, 0.15) is 25.3 Å². The van der Waals surface area contributed by atoms with Crippen LogP contribution in [0.25, 0.3) is 0 Å². The first-order chi connectivity index (χ1) is 6.83. The fourth-order valence-corrected chi connectivity index (χ4v) is 2.66. The lowest BCUT2D eigenvalue weighted by Crippen LogP contribution is -2.17. The van der Waals surface area contributed by atoms with Crippen molar-refractivity contribution in [3.05, 3.63) is 35.9 Å². The van der Waals surface area contributed by atoms with Crippen molar-refractivity contribution in [3.8, 4) is 0 Å². The van der Waals surface area contributed by atoms with Crippen molar-refractivity contribution >= 4 is 0 Å². The molecule has 2 atom stereocenters. The molecule has 0 saturated heterocycles. The highest BCUT2D eigenvalue weighted by Gasteiger charge is 2.52. The summed E-state index contributed by atoms with van der Waals surface area (Å²) in [5.74, 6) is 0.847. The second kappa shape index (κ2) is 3.74. The van der Waals surface area contributed by atoms with E-state index in [2.05, 4.69) is 42.6 Å². The van der Waals surface area contributed by atoms with E-state index >= 15 is 0 Å². The van der Waals surface area contributed by atoms with Crippen molar-refractivity contribution in [3.63, 3.8) is 0 Å². The molecule has 76 valence electrons. The van der Waals surface area contributed by atoms with Crippen molar-refractivity contribution in [2.45, 2.75) is 25.2 Å². The van der Waals surface area contributed by atoms with Gasteiger partial charge in [0.15, 0.2) is 0 Å². The second-order valence-electron chi connectivity index (χ2n) is 4.33. The molecule has 0 radical (unpaired) electrons. The van der Waals surface area contributed by atoms with E-state index in [4.69, 9.17) is 0 Å². The lowest BCUT2D eigenvalue weighted by molar-refractivity contribution is 0.561. The topological polar surface area (TPSA) is 12.0 Å². The molecule has 1 aliphatic carbocycles. The van der Waals surface area contributed by atoms with Crippen LogP contribution in [0.3, 0.4) is 0 Å². The summed E-state index contributed by atoms with van der Waals surface area (Å²) in [6, 6.07) is 11.0. The van der Waals surface area contributed by atoms with Crippen molar-refractivity contribution in [2.24, 2.45) is 5.92 Å². The third-order valence-electron chi connectivity index (χ3n) is 3.66. The lowest BCUT2D eigenvalue weighted by Gasteiger charge is -2.15. The highest BCUT2D eigenvalue weighted by atomic mass is 14.8. The maximum absolute atomic E-state index is 3.29. The van der Waals surface area contributed by atoms with E-state index in [-0.39, 0.29) is 0 Å². The summed E-state index contributed by atoms with van der Waals surface area (Å²) in [6.45, 7) is 3.46. The SMILES string of the molecule is CCC1(c2ccccc2)CC1CNC. The molecule has 2 unspecified atom stereocenters. The van der Waals surface area contributed by atoms with Gasteiger partial charge in [-0.2, -0.15) is 0 Å². The zero-order valence-electron chi connectivity index (χ0n) is 9.09. The van der Waals surface area contributed by atoms with Crippen LogP contribution in [-0.2, 0) is 5.41 Å². The summed E-state index contributed by atoms with van der Waals surface area (Å²) in [6.07, 6.45) is 2.62. The number of rotatable bonds is 4. The van der Waals surface area contributed by atoms with Gasteiger partial charge in [-0.15, -0.1) is 0 Å². The Bertz CT molecular complexity index is 293. The molecule has 1 nitrogen and oxygen atoms in total. The van der Waals surface area contributed by atoms with Crippen LogP contribution in [0, 0.1) is 5.92 Å². The Hall–Kier alpha value is -0.820. The summed E-state index contributed by atoms with van der Waals surface area (Å²) < 4.78 is 0. The average molecular weight is 189 g/mol. The summed E-state index contributed by atoms with van der Waals surface area (Å²) >= 11 is 0. The molecule has 1 aromatic carbocycles. The molecule has 1 fully saturated rings. The van der Waals surface area contributed by atoms with Gasteiger partial charge in [-0.3, -0.25) is 0 Å². The van der Waals surface area contributed by atoms with Gasteiger partial charge in [0.05, 0.1) is 0 Å². The van der Waals surface area contributed by atoms with Gasteiger partial charge in [0.2, 0.25) is 0 Å². The van der Waals surface area contributed by atoms with Gasteiger partial charge in [-0.25, -0.2) is 0 Å². The van der Waals surface area contributed by atoms with Crippen LogP contribution in [0.15, 0.2) is 30.3 Å². The Morgan fingerprint density at radius 2 is 2.07 bits per heavy atom. The average Bonchev–Trinajstić information content (AvgIpc) is 2.95. The van der Waals surface area contributed by atoms with Crippen LogP contribution in [0.4, 0.5) is 0 Å². The van der Waals surface area contributed by atoms with Crippen molar-refractivity contribution in [2.75, 3.05) is 13.6 Å². The fourth-order valence-electron chi connectivity index (χ4n) is 2.66. The Morgan fingerprint density at radius 1 is 1.36 bits per heavy atom. The Morgan fingerprint density at radius 3 is 2.64 bits per heavy atom. The number of hydrogen-bond donors (Lipinski definition) is 1. The predicted octanol–water partition coefficient (Wildman–Crippen LogP) is 2.57.